The van der Waals surface area contributed by atoms with Crippen molar-refractivity contribution < 1.29 is 19.0 Å². The lowest BCUT2D eigenvalue weighted by Crippen LogP contribution is -2.32. The first-order valence-corrected chi connectivity index (χ1v) is 19.4. The summed E-state index contributed by atoms with van der Waals surface area (Å²) in [5, 5.41) is 1.69. The van der Waals surface area contributed by atoms with E-state index in [0.29, 0.717) is 105 Å². The van der Waals surface area contributed by atoms with Crippen LogP contribution in [0.2, 0.25) is 20.1 Å². The number of carbonyl (C=O) groups excluding carboxylic acids is 1. The number of aromatic nitrogens is 2. The Kier molecular flexibility index (Phi) is 10.8. The highest BCUT2D eigenvalue weighted by Crippen LogP contribution is 2.50. The van der Waals surface area contributed by atoms with E-state index >= 15 is 0 Å². The molecule has 0 aliphatic carbocycles. The van der Waals surface area contributed by atoms with Gasteiger partial charge in [0.25, 0.3) is 5.79 Å². The summed E-state index contributed by atoms with van der Waals surface area (Å²) in [4.78, 5) is 28.8. The zero-order chi connectivity index (χ0) is 40.6. The van der Waals surface area contributed by atoms with Crippen LogP contribution >= 0.6 is 46.4 Å². The number of carbonyl (C=O) groups is 1. The summed E-state index contributed by atoms with van der Waals surface area (Å²) >= 11 is 28.5. The normalized spacial score (nSPS) is 14.8. The van der Waals surface area contributed by atoms with Crippen LogP contribution in [0.1, 0.15) is 27.0 Å². The van der Waals surface area contributed by atoms with E-state index < -0.39 is 5.79 Å². The second kappa shape index (κ2) is 16.2. The summed E-state index contributed by atoms with van der Waals surface area (Å²) in [6.07, 6.45) is 0.742. The van der Waals surface area contributed by atoms with Gasteiger partial charge in [0.1, 0.15) is 11.6 Å². The van der Waals surface area contributed by atoms with Gasteiger partial charge in [-0.1, -0.05) is 119 Å². The molecule has 12 heteroatoms. The second-order valence-corrected chi connectivity index (χ2v) is 14.7. The minimum absolute atomic E-state index is 0.362. The highest BCUT2D eigenvalue weighted by atomic mass is 35.5. The molecule has 1 aromatic heterocycles. The summed E-state index contributed by atoms with van der Waals surface area (Å²) in [7, 11) is 4.66. The maximum Gasteiger partial charge on any atom is 0.263 e. The van der Waals surface area contributed by atoms with E-state index in [9.17, 15) is 4.79 Å². The van der Waals surface area contributed by atoms with Crippen LogP contribution in [0.4, 0.5) is 0 Å². The van der Waals surface area contributed by atoms with Gasteiger partial charge in [-0.3, -0.25) is 9.36 Å². The Balaban J connectivity index is 1.60. The molecule has 0 amide bonds. The van der Waals surface area contributed by atoms with Crippen molar-refractivity contribution >= 4 is 64.1 Å². The van der Waals surface area contributed by atoms with Gasteiger partial charge >= 0.3 is 0 Å². The number of hydrogen-bond donors (Lipinski definition) is 0. The fourth-order valence-corrected chi connectivity index (χ4v) is 8.08. The number of ether oxygens (including phenoxy) is 3. The van der Waals surface area contributed by atoms with Gasteiger partial charge in [0.15, 0.2) is 17.8 Å². The predicted octanol–water partition coefficient (Wildman–Crippen LogP) is 12.0. The van der Waals surface area contributed by atoms with Gasteiger partial charge < -0.3 is 14.2 Å². The van der Waals surface area contributed by atoms with E-state index in [0.717, 1.165) is 6.29 Å². The van der Waals surface area contributed by atoms with Crippen molar-refractivity contribution in [3.05, 3.63) is 176 Å². The first-order chi connectivity index (χ1) is 28.2. The fraction of sp³-hybridized carbons (Fsp3) is 0.0870. The topological polar surface area (TPSA) is 87.3 Å². The fourth-order valence-electron chi connectivity index (χ4n) is 7.15. The van der Waals surface area contributed by atoms with E-state index in [2.05, 4.69) is 0 Å². The maximum absolute atomic E-state index is 12.1. The third-order valence-electron chi connectivity index (χ3n) is 9.85. The molecule has 288 valence electrons. The smallest absolute Gasteiger partial charge is 0.263 e. The van der Waals surface area contributed by atoms with Crippen LogP contribution in [-0.2, 0) is 5.79 Å². The van der Waals surface area contributed by atoms with Crippen molar-refractivity contribution in [2.24, 2.45) is 9.98 Å². The Hall–Kier alpha value is -5.90. The van der Waals surface area contributed by atoms with Gasteiger partial charge in [0.2, 0.25) is 0 Å². The number of hydrogen-bond acceptors (Lipinski definition) is 7. The first kappa shape index (κ1) is 38.9. The van der Waals surface area contributed by atoms with Crippen molar-refractivity contribution in [3.63, 3.8) is 0 Å². The zero-order valence-corrected chi connectivity index (χ0v) is 34.2. The third kappa shape index (κ3) is 6.72. The summed E-state index contributed by atoms with van der Waals surface area (Å²) in [6.45, 7) is 0. The van der Waals surface area contributed by atoms with E-state index in [1.165, 1.54) is 7.11 Å². The molecule has 0 saturated heterocycles. The molecule has 2 heterocycles. The molecular weight excluding hydrogens is 814 g/mol. The van der Waals surface area contributed by atoms with Crippen LogP contribution in [0.5, 0.6) is 17.2 Å². The summed E-state index contributed by atoms with van der Waals surface area (Å²) < 4.78 is 19.0. The molecule has 1 aliphatic rings. The molecule has 58 heavy (non-hydrogen) atoms. The maximum atomic E-state index is 12.1. The molecule has 1 unspecified atom stereocenters. The van der Waals surface area contributed by atoms with Gasteiger partial charge in [-0.2, -0.15) is 0 Å². The molecule has 0 fully saturated rings. The molecule has 8 nitrogen and oxygen atoms in total. The number of imidazole rings is 1. The summed E-state index contributed by atoms with van der Waals surface area (Å²) in [6, 6.07) is 40.5. The van der Waals surface area contributed by atoms with Crippen molar-refractivity contribution in [2.45, 2.75) is 5.79 Å². The van der Waals surface area contributed by atoms with Crippen LogP contribution in [0.3, 0.4) is 0 Å². The first-order valence-electron chi connectivity index (χ1n) is 17.9. The van der Waals surface area contributed by atoms with Crippen molar-refractivity contribution in [1.29, 1.82) is 0 Å². The molecule has 1 aliphatic heterocycles. The number of nitrogens with zero attached hydrogens (tertiary/aromatic N) is 4. The SMILES string of the molecule is COc1cc(-c2nc(-c3ccccc3Cl)n(C3(c4ccccc4Cl)N=C(c4ccc(OC)c(OC)c4)C(c4ccccc4Cl)=N3)c2-c2ccccc2Cl)ccc1C=O. The molecule has 6 aromatic carbocycles. The Bertz CT molecular complexity index is 2800. The largest absolute Gasteiger partial charge is 0.496 e. The standard InChI is InChI=1S/C46H32Cl4N4O4/c1-56-38-23-22-27(25-40(38)58-3)41-43(30-12-4-8-16-34(30)47)53-46(52-41,33-15-7-11-19-37(33)50)54-44(31-13-5-9-17-35(31)48)42(28-20-21-29(26-55)39(24-28)57-2)51-45(54)32-14-6-10-18-36(32)49/h4-26H,1-3H3. The number of halogens is 4. The van der Waals surface area contributed by atoms with Gasteiger partial charge in [0, 0.05) is 38.4 Å². The molecule has 0 N–H and O–H groups in total. The second-order valence-electron chi connectivity index (χ2n) is 13.1. The van der Waals surface area contributed by atoms with Crippen LogP contribution < -0.4 is 14.2 Å². The Morgan fingerprint density at radius 2 is 1.09 bits per heavy atom. The van der Waals surface area contributed by atoms with Crippen LogP contribution in [0, 0.1) is 0 Å². The number of aldehydes is 1. The van der Waals surface area contributed by atoms with Crippen molar-refractivity contribution in [3.8, 4) is 51.2 Å². The zero-order valence-electron chi connectivity index (χ0n) is 31.2. The Morgan fingerprint density at radius 1 is 0.552 bits per heavy atom. The van der Waals surface area contributed by atoms with Gasteiger partial charge in [0.05, 0.1) is 64.8 Å². The van der Waals surface area contributed by atoms with Crippen molar-refractivity contribution in [1.82, 2.24) is 9.55 Å². The molecule has 0 bridgehead atoms. The summed E-state index contributed by atoms with van der Waals surface area (Å²) in [5.74, 6) is 0.0591. The molecule has 0 spiro atoms. The Labute approximate surface area is 354 Å². The summed E-state index contributed by atoms with van der Waals surface area (Å²) in [5.41, 5.74) is 5.96. The number of methoxy groups -OCH3 is 3. The number of aliphatic imine (C=N–C) groups is 2. The van der Waals surface area contributed by atoms with Gasteiger partial charge in [-0.15, -0.1) is 0 Å². The number of rotatable bonds is 11. The lowest BCUT2D eigenvalue weighted by molar-refractivity contribution is 0.112. The van der Waals surface area contributed by atoms with Crippen LogP contribution in [0.25, 0.3) is 33.9 Å². The van der Waals surface area contributed by atoms with E-state index in [4.69, 9.17) is 75.6 Å². The molecule has 1 atom stereocenters. The third-order valence-corrected chi connectivity index (χ3v) is 11.2. The van der Waals surface area contributed by atoms with Gasteiger partial charge in [-0.25, -0.2) is 15.0 Å². The Morgan fingerprint density at radius 3 is 1.69 bits per heavy atom. The highest BCUT2D eigenvalue weighted by Gasteiger charge is 2.47. The lowest BCUT2D eigenvalue weighted by atomic mass is 9.99. The molecule has 0 radical (unpaired) electrons. The number of benzene rings is 6. The lowest BCUT2D eigenvalue weighted by Gasteiger charge is -2.30. The van der Waals surface area contributed by atoms with E-state index in [1.807, 2.05) is 102 Å². The molecule has 7 aromatic rings. The monoisotopic (exact) mass is 844 g/mol. The van der Waals surface area contributed by atoms with Crippen molar-refractivity contribution in [2.75, 3.05) is 21.3 Å². The van der Waals surface area contributed by atoms with E-state index in [1.54, 1.807) is 50.6 Å². The van der Waals surface area contributed by atoms with E-state index in [-0.39, 0.29) is 0 Å². The average Bonchev–Trinajstić information content (AvgIpc) is 3.84. The minimum Gasteiger partial charge on any atom is -0.496 e. The van der Waals surface area contributed by atoms with Crippen LogP contribution in [0.15, 0.2) is 143 Å². The quantitative estimate of drug-likeness (QED) is 0.121. The molecular formula is C46H32Cl4N4O4. The predicted molar refractivity (Wildman–Crippen MR) is 233 cm³/mol. The molecule has 0 saturated carbocycles. The van der Waals surface area contributed by atoms with Gasteiger partial charge in [-0.05, 0) is 60.7 Å². The molecule has 8 rings (SSSR count). The highest BCUT2D eigenvalue weighted by molar-refractivity contribution is 6.56. The average molecular weight is 847 g/mol. The van der Waals surface area contributed by atoms with Crippen LogP contribution in [-0.4, -0.2) is 48.6 Å². The minimum atomic E-state index is -1.73.